The lowest BCUT2D eigenvalue weighted by Crippen LogP contribution is -2.26. The first-order valence-electron chi connectivity index (χ1n) is 6.22. The Balaban J connectivity index is 2.27. The molecule has 0 spiro atoms. The molecule has 0 fully saturated rings. The molecule has 0 bridgehead atoms. The first kappa shape index (κ1) is 13.2. The summed E-state index contributed by atoms with van der Waals surface area (Å²) >= 11 is 0. The van der Waals surface area contributed by atoms with Gasteiger partial charge in [0.15, 0.2) is 0 Å². The molecule has 19 heavy (non-hydrogen) atoms. The van der Waals surface area contributed by atoms with Gasteiger partial charge in [-0.05, 0) is 31.0 Å². The van der Waals surface area contributed by atoms with Crippen LogP contribution in [0.15, 0.2) is 54.7 Å². The number of hydrogen-bond acceptors (Lipinski definition) is 3. The van der Waals surface area contributed by atoms with Crippen molar-refractivity contribution < 1.29 is 0 Å². The Bertz CT molecular complexity index is 588. The van der Waals surface area contributed by atoms with Gasteiger partial charge in [0.25, 0.3) is 0 Å². The molecule has 4 N–H and O–H groups in total. The average Bonchev–Trinajstić information content (AvgIpc) is 2.39. The molecule has 0 aliphatic rings. The highest BCUT2D eigenvalue weighted by Gasteiger charge is 2.04. The Hall–Kier alpha value is -2.26. The lowest BCUT2D eigenvalue weighted by molar-refractivity contribution is 1.06. The van der Waals surface area contributed by atoms with Crippen LogP contribution in [0.3, 0.4) is 0 Å². The molecular weight excluding hydrogens is 234 g/mol. The summed E-state index contributed by atoms with van der Waals surface area (Å²) in [6, 6.07) is 15.9. The van der Waals surface area contributed by atoms with Crippen molar-refractivity contribution in [3.8, 4) is 0 Å². The van der Waals surface area contributed by atoms with Gasteiger partial charge >= 0.3 is 0 Å². The first-order valence-corrected chi connectivity index (χ1v) is 6.22. The minimum Gasteiger partial charge on any atom is -0.397 e. The fourth-order valence-corrected chi connectivity index (χ4v) is 2.02. The topological polar surface area (TPSA) is 55.3 Å². The third kappa shape index (κ3) is 3.14. The average molecular weight is 253 g/mol. The summed E-state index contributed by atoms with van der Waals surface area (Å²) in [5, 5.41) is 1.57. The van der Waals surface area contributed by atoms with Crippen molar-refractivity contribution in [2.45, 2.75) is 13.8 Å². The number of nitrogens with zero attached hydrogens (tertiary/aromatic N) is 1. The summed E-state index contributed by atoms with van der Waals surface area (Å²) in [5.41, 5.74) is 10.9. The molecule has 0 saturated heterocycles. The third-order valence-corrected chi connectivity index (χ3v) is 3.02. The van der Waals surface area contributed by atoms with Crippen molar-refractivity contribution in [2.24, 2.45) is 11.6 Å². The van der Waals surface area contributed by atoms with Crippen molar-refractivity contribution in [3.05, 3.63) is 71.4 Å². The summed E-state index contributed by atoms with van der Waals surface area (Å²) in [4.78, 5) is 0. The largest absolute Gasteiger partial charge is 0.397 e. The van der Waals surface area contributed by atoms with Crippen LogP contribution >= 0.6 is 0 Å². The Morgan fingerprint density at radius 1 is 1.05 bits per heavy atom. The van der Waals surface area contributed by atoms with Gasteiger partial charge in [-0.15, -0.1) is 0 Å². The zero-order valence-corrected chi connectivity index (χ0v) is 11.3. The van der Waals surface area contributed by atoms with E-state index in [1.807, 2.05) is 49.4 Å². The minimum absolute atomic E-state index is 0.642. The molecule has 98 valence electrons. The zero-order valence-electron chi connectivity index (χ0n) is 11.3. The first-order chi connectivity index (χ1) is 9.08. The summed E-state index contributed by atoms with van der Waals surface area (Å²) in [7, 11) is 0. The minimum atomic E-state index is 0.642. The number of hydrazine groups is 1. The number of rotatable bonds is 3. The molecule has 0 heterocycles. The molecule has 0 aromatic heterocycles. The van der Waals surface area contributed by atoms with E-state index in [4.69, 9.17) is 11.6 Å². The highest BCUT2D eigenvalue weighted by atomic mass is 15.4. The second-order valence-electron chi connectivity index (χ2n) is 4.65. The zero-order chi connectivity index (χ0) is 13.8. The summed E-state index contributed by atoms with van der Waals surface area (Å²) < 4.78 is 0. The predicted octanol–water partition coefficient (Wildman–Crippen LogP) is 2.94. The standard InChI is InChI=1S/C16H19N3/c1-12-8-9-16(13(2)10-12)19(18)11-15(17)14-6-4-3-5-7-14/h3-11H,17-18H2,1-2H3/b15-11-. The molecule has 0 radical (unpaired) electrons. The van der Waals surface area contributed by atoms with Crippen LogP contribution < -0.4 is 16.6 Å². The molecule has 2 aromatic rings. The SMILES string of the molecule is Cc1ccc(N(N)/C=C(\N)c2ccccc2)c(C)c1. The maximum absolute atomic E-state index is 6.06. The molecule has 0 atom stereocenters. The smallest absolute Gasteiger partial charge is 0.0598 e. The molecule has 0 aliphatic heterocycles. The van der Waals surface area contributed by atoms with Gasteiger partial charge in [-0.3, -0.25) is 5.01 Å². The van der Waals surface area contributed by atoms with Crippen LogP contribution in [0.4, 0.5) is 5.69 Å². The maximum atomic E-state index is 6.06. The summed E-state index contributed by atoms with van der Waals surface area (Å²) in [6.45, 7) is 4.10. The Labute approximate surface area is 114 Å². The Morgan fingerprint density at radius 2 is 1.74 bits per heavy atom. The third-order valence-electron chi connectivity index (χ3n) is 3.02. The van der Waals surface area contributed by atoms with Crippen molar-refractivity contribution in [3.63, 3.8) is 0 Å². The van der Waals surface area contributed by atoms with E-state index >= 15 is 0 Å². The van der Waals surface area contributed by atoms with Crippen LogP contribution in [0, 0.1) is 13.8 Å². The van der Waals surface area contributed by atoms with Gasteiger partial charge in [-0.25, -0.2) is 5.84 Å². The number of hydrogen-bond donors (Lipinski definition) is 2. The van der Waals surface area contributed by atoms with E-state index in [9.17, 15) is 0 Å². The van der Waals surface area contributed by atoms with Crippen LogP contribution in [0.2, 0.25) is 0 Å². The van der Waals surface area contributed by atoms with Gasteiger partial charge in [0, 0.05) is 6.20 Å². The second-order valence-corrected chi connectivity index (χ2v) is 4.65. The van der Waals surface area contributed by atoms with E-state index in [0.29, 0.717) is 5.70 Å². The number of nitrogens with two attached hydrogens (primary N) is 2. The fraction of sp³-hybridized carbons (Fsp3) is 0.125. The molecule has 0 saturated carbocycles. The lowest BCUT2D eigenvalue weighted by Gasteiger charge is -2.18. The maximum Gasteiger partial charge on any atom is 0.0598 e. The van der Waals surface area contributed by atoms with E-state index in [-0.39, 0.29) is 0 Å². The second kappa shape index (κ2) is 5.59. The predicted molar refractivity (Wildman–Crippen MR) is 81.2 cm³/mol. The highest BCUT2D eigenvalue weighted by Crippen LogP contribution is 2.20. The molecule has 0 aliphatic carbocycles. The van der Waals surface area contributed by atoms with Crippen LogP contribution in [-0.4, -0.2) is 0 Å². The van der Waals surface area contributed by atoms with Crippen LogP contribution in [0.25, 0.3) is 5.70 Å². The number of anilines is 1. The molecule has 0 amide bonds. The van der Waals surface area contributed by atoms with Gasteiger partial charge in [-0.1, -0.05) is 48.0 Å². The molecule has 2 rings (SSSR count). The van der Waals surface area contributed by atoms with Crippen LogP contribution in [0.5, 0.6) is 0 Å². The molecule has 3 heteroatoms. The van der Waals surface area contributed by atoms with E-state index in [0.717, 1.165) is 16.8 Å². The monoisotopic (exact) mass is 253 g/mol. The van der Waals surface area contributed by atoms with Gasteiger partial charge in [-0.2, -0.15) is 0 Å². The van der Waals surface area contributed by atoms with Crippen molar-refractivity contribution in [2.75, 3.05) is 5.01 Å². The van der Waals surface area contributed by atoms with Crippen LogP contribution in [-0.2, 0) is 0 Å². The Morgan fingerprint density at radius 3 is 2.37 bits per heavy atom. The molecule has 3 nitrogen and oxygen atoms in total. The fourth-order valence-electron chi connectivity index (χ4n) is 2.02. The highest BCUT2D eigenvalue weighted by molar-refractivity contribution is 5.67. The molecule has 0 unspecified atom stereocenters. The van der Waals surface area contributed by atoms with Crippen molar-refractivity contribution in [1.82, 2.24) is 0 Å². The summed E-state index contributed by atoms with van der Waals surface area (Å²) in [6.07, 6.45) is 1.74. The normalized spacial score (nSPS) is 11.4. The number of aryl methyl sites for hydroxylation is 2. The summed E-state index contributed by atoms with van der Waals surface area (Å²) in [5.74, 6) is 6.06. The van der Waals surface area contributed by atoms with Crippen molar-refractivity contribution >= 4 is 11.4 Å². The van der Waals surface area contributed by atoms with Gasteiger partial charge < -0.3 is 5.73 Å². The molecular formula is C16H19N3. The quantitative estimate of drug-likeness (QED) is 0.653. The van der Waals surface area contributed by atoms with E-state index in [1.54, 1.807) is 11.2 Å². The van der Waals surface area contributed by atoms with E-state index in [1.165, 1.54) is 5.56 Å². The Kier molecular flexibility index (Phi) is 3.88. The number of benzene rings is 2. The van der Waals surface area contributed by atoms with Gasteiger partial charge in [0.1, 0.15) is 0 Å². The van der Waals surface area contributed by atoms with Crippen LogP contribution in [0.1, 0.15) is 16.7 Å². The van der Waals surface area contributed by atoms with Gasteiger partial charge in [0.2, 0.25) is 0 Å². The molecule has 2 aromatic carbocycles. The van der Waals surface area contributed by atoms with Gasteiger partial charge in [0.05, 0.1) is 11.4 Å². The van der Waals surface area contributed by atoms with E-state index in [2.05, 4.69) is 13.0 Å². The van der Waals surface area contributed by atoms with E-state index < -0.39 is 0 Å². The lowest BCUT2D eigenvalue weighted by atomic mass is 10.1. The van der Waals surface area contributed by atoms with Crippen molar-refractivity contribution in [1.29, 1.82) is 0 Å².